The molecule has 26 heavy (non-hydrogen) atoms. The molecule has 5 nitrogen and oxygen atoms in total. The molecule has 3 rings (SSSR count). The van der Waals surface area contributed by atoms with Gasteiger partial charge in [-0.2, -0.15) is 0 Å². The molecule has 0 bridgehead atoms. The van der Waals surface area contributed by atoms with Gasteiger partial charge in [-0.3, -0.25) is 4.98 Å². The van der Waals surface area contributed by atoms with Gasteiger partial charge in [0.15, 0.2) is 5.16 Å². The van der Waals surface area contributed by atoms with E-state index in [9.17, 15) is 0 Å². The van der Waals surface area contributed by atoms with E-state index in [-0.39, 0.29) is 0 Å². The minimum absolute atomic E-state index is 0.872. The summed E-state index contributed by atoms with van der Waals surface area (Å²) in [6, 6.07) is 1.85. The van der Waals surface area contributed by atoms with Crippen LogP contribution < -0.4 is 0 Å². The molecule has 138 valence electrons. The van der Waals surface area contributed by atoms with Crippen molar-refractivity contribution in [2.75, 3.05) is 5.75 Å². The van der Waals surface area contributed by atoms with Gasteiger partial charge in [0.25, 0.3) is 0 Å². The van der Waals surface area contributed by atoms with E-state index in [0.717, 1.165) is 41.5 Å². The van der Waals surface area contributed by atoms with E-state index < -0.39 is 0 Å². The lowest BCUT2D eigenvalue weighted by Crippen LogP contribution is -2.05. The number of unbranched alkanes of at least 4 members (excludes halogenated alkanes) is 2. The molecular weight excluding hydrogens is 342 g/mol. The van der Waals surface area contributed by atoms with Crippen molar-refractivity contribution in [3.05, 3.63) is 41.7 Å². The maximum Gasteiger partial charge on any atom is 0.187 e. The van der Waals surface area contributed by atoms with Crippen LogP contribution in [-0.2, 0) is 13.0 Å². The average Bonchev–Trinajstić information content (AvgIpc) is 3.00. The molecule has 0 saturated heterocycles. The van der Waals surface area contributed by atoms with Crippen LogP contribution in [0.25, 0.3) is 11.0 Å². The number of aromatic nitrogens is 5. The quantitative estimate of drug-likeness (QED) is 0.309. The van der Waals surface area contributed by atoms with Gasteiger partial charge in [0.1, 0.15) is 11.3 Å². The first-order valence-corrected chi connectivity index (χ1v) is 10.4. The van der Waals surface area contributed by atoms with Crippen LogP contribution in [0.3, 0.4) is 0 Å². The molecule has 0 spiro atoms. The monoisotopic (exact) mass is 369 g/mol. The van der Waals surface area contributed by atoms with Gasteiger partial charge in [0, 0.05) is 36.8 Å². The van der Waals surface area contributed by atoms with Crippen LogP contribution in [0.1, 0.15) is 49.7 Å². The normalized spacial score (nSPS) is 11.3. The number of hydrogen-bond donors (Lipinski definition) is 0. The summed E-state index contributed by atoms with van der Waals surface area (Å²) in [6.45, 7) is 7.48. The highest BCUT2D eigenvalue weighted by Gasteiger charge is 2.13. The lowest BCUT2D eigenvalue weighted by Gasteiger charge is -2.11. The molecule has 0 aliphatic rings. The molecular formula is C20H27N5S. The van der Waals surface area contributed by atoms with Crippen LogP contribution in [0, 0.1) is 13.8 Å². The Morgan fingerprint density at radius 2 is 1.85 bits per heavy atom. The summed E-state index contributed by atoms with van der Waals surface area (Å²) in [6.07, 6.45) is 11.2. The van der Waals surface area contributed by atoms with Gasteiger partial charge in [0.2, 0.25) is 0 Å². The zero-order chi connectivity index (χ0) is 18.4. The van der Waals surface area contributed by atoms with Crippen LogP contribution in [0.4, 0.5) is 0 Å². The summed E-state index contributed by atoms with van der Waals surface area (Å²) in [7, 11) is 0. The van der Waals surface area contributed by atoms with E-state index >= 15 is 0 Å². The number of imidazole rings is 1. The lowest BCUT2D eigenvalue weighted by molar-refractivity contribution is 0.589. The topological polar surface area (TPSA) is 56.5 Å². The molecule has 0 amide bonds. The summed E-state index contributed by atoms with van der Waals surface area (Å²) in [5.74, 6) is 2.27. The zero-order valence-electron chi connectivity index (χ0n) is 15.9. The molecule has 0 radical (unpaired) electrons. The van der Waals surface area contributed by atoms with Crippen LogP contribution in [0.15, 0.2) is 29.8 Å². The SMILES string of the molecule is CCCc1nc2cnc(C)c(C)c2n1CCCCCSc1ncccn1. The van der Waals surface area contributed by atoms with Crippen LogP contribution in [0.2, 0.25) is 0 Å². The molecule has 0 N–H and O–H groups in total. The third-order valence-electron chi connectivity index (χ3n) is 4.62. The summed E-state index contributed by atoms with van der Waals surface area (Å²) in [4.78, 5) is 17.8. The smallest absolute Gasteiger partial charge is 0.187 e. The first kappa shape index (κ1) is 18.8. The lowest BCUT2D eigenvalue weighted by atomic mass is 10.2. The highest BCUT2D eigenvalue weighted by Crippen LogP contribution is 2.23. The Balaban J connectivity index is 1.59. The molecule has 0 aliphatic heterocycles. The predicted octanol–water partition coefficient (Wildman–Crippen LogP) is 4.75. The number of rotatable bonds is 9. The standard InChI is InChI=1S/C20H27N5S/c1-4-9-18-24-17-14-23-16(3)15(2)19(17)25(18)12-6-5-7-13-26-20-21-10-8-11-22-20/h8,10-11,14H,4-7,9,12-13H2,1-3H3. The summed E-state index contributed by atoms with van der Waals surface area (Å²) < 4.78 is 2.43. The fraction of sp³-hybridized carbons (Fsp3) is 0.500. The molecule has 0 fully saturated rings. The van der Waals surface area contributed by atoms with Crippen molar-refractivity contribution in [1.82, 2.24) is 24.5 Å². The third-order valence-corrected chi connectivity index (χ3v) is 5.59. The van der Waals surface area contributed by atoms with Gasteiger partial charge in [0.05, 0.1) is 11.7 Å². The van der Waals surface area contributed by atoms with Gasteiger partial charge in [-0.05, 0) is 44.7 Å². The summed E-state index contributed by atoms with van der Waals surface area (Å²) in [5.41, 5.74) is 4.66. The van der Waals surface area contributed by atoms with Gasteiger partial charge < -0.3 is 4.57 Å². The Kier molecular flexibility index (Phi) is 6.61. The Morgan fingerprint density at radius 3 is 2.62 bits per heavy atom. The molecule has 0 aliphatic carbocycles. The molecule has 0 saturated carbocycles. The van der Waals surface area contributed by atoms with Crippen molar-refractivity contribution in [2.45, 2.75) is 64.6 Å². The number of nitrogens with zero attached hydrogens (tertiary/aromatic N) is 5. The molecule has 0 atom stereocenters. The Bertz CT molecular complexity index is 844. The minimum atomic E-state index is 0.872. The maximum absolute atomic E-state index is 4.84. The molecule has 0 unspecified atom stereocenters. The number of aryl methyl sites for hydroxylation is 4. The van der Waals surface area contributed by atoms with Gasteiger partial charge >= 0.3 is 0 Å². The first-order valence-electron chi connectivity index (χ1n) is 9.41. The largest absolute Gasteiger partial charge is 0.328 e. The second kappa shape index (κ2) is 9.12. The van der Waals surface area contributed by atoms with E-state index in [2.05, 4.69) is 40.3 Å². The molecule has 3 aromatic heterocycles. The Labute approximate surface area is 159 Å². The predicted molar refractivity (Wildman–Crippen MR) is 108 cm³/mol. The number of pyridine rings is 1. The van der Waals surface area contributed by atoms with Crippen LogP contribution >= 0.6 is 11.8 Å². The highest BCUT2D eigenvalue weighted by atomic mass is 32.2. The zero-order valence-corrected chi connectivity index (χ0v) is 16.7. The van der Waals surface area contributed by atoms with Crippen molar-refractivity contribution in [1.29, 1.82) is 0 Å². The fourth-order valence-electron chi connectivity index (χ4n) is 3.16. The number of thioether (sulfide) groups is 1. The van der Waals surface area contributed by atoms with E-state index in [4.69, 9.17) is 4.98 Å². The Hall–Kier alpha value is -1.95. The van der Waals surface area contributed by atoms with E-state index in [1.165, 1.54) is 36.2 Å². The molecule has 0 aromatic carbocycles. The van der Waals surface area contributed by atoms with Gasteiger partial charge in [-0.25, -0.2) is 15.0 Å². The van der Waals surface area contributed by atoms with Crippen molar-refractivity contribution >= 4 is 22.8 Å². The van der Waals surface area contributed by atoms with Gasteiger partial charge in [-0.15, -0.1) is 0 Å². The van der Waals surface area contributed by atoms with Crippen molar-refractivity contribution in [3.63, 3.8) is 0 Å². The van der Waals surface area contributed by atoms with Crippen LogP contribution in [0.5, 0.6) is 0 Å². The van der Waals surface area contributed by atoms with Gasteiger partial charge in [-0.1, -0.05) is 25.1 Å². The summed E-state index contributed by atoms with van der Waals surface area (Å²) in [5, 5.41) is 0.872. The van der Waals surface area contributed by atoms with Crippen molar-refractivity contribution < 1.29 is 0 Å². The molecule has 6 heteroatoms. The van der Waals surface area contributed by atoms with E-state index in [1.807, 2.05) is 12.3 Å². The van der Waals surface area contributed by atoms with Crippen LogP contribution in [-0.4, -0.2) is 30.3 Å². The minimum Gasteiger partial charge on any atom is -0.328 e. The summed E-state index contributed by atoms with van der Waals surface area (Å²) >= 11 is 1.74. The van der Waals surface area contributed by atoms with E-state index in [0.29, 0.717) is 0 Å². The third kappa shape index (κ3) is 4.41. The maximum atomic E-state index is 4.84. The second-order valence-electron chi connectivity index (χ2n) is 6.57. The highest BCUT2D eigenvalue weighted by molar-refractivity contribution is 7.99. The fourth-order valence-corrected chi connectivity index (χ4v) is 3.96. The Morgan fingerprint density at radius 1 is 1.04 bits per heavy atom. The van der Waals surface area contributed by atoms with Crippen molar-refractivity contribution in [3.8, 4) is 0 Å². The molecule has 3 heterocycles. The van der Waals surface area contributed by atoms with Crippen molar-refractivity contribution in [2.24, 2.45) is 0 Å². The first-order chi connectivity index (χ1) is 12.7. The molecule has 3 aromatic rings. The van der Waals surface area contributed by atoms with E-state index in [1.54, 1.807) is 24.2 Å². The second-order valence-corrected chi connectivity index (χ2v) is 7.63. The average molecular weight is 370 g/mol. The number of hydrogen-bond acceptors (Lipinski definition) is 5. The number of fused-ring (bicyclic) bond motifs is 1.